The summed E-state index contributed by atoms with van der Waals surface area (Å²) < 4.78 is 5.22. The van der Waals surface area contributed by atoms with E-state index < -0.39 is 0 Å². The summed E-state index contributed by atoms with van der Waals surface area (Å²) in [7, 11) is 3.94. The molecule has 1 heterocycles. The molecule has 0 unspecified atom stereocenters. The van der Waals surface area contributed by atoms with E-state index in [2.05, 4.69) is 0 Å². The van der Waals surface area contributed by atoms with Crippen LogP contribution in [0, 0.1) is 0 Å². The summed E-state index contributed by atoms with van der Waals surface area (Å²) in [5.41, 5.74) is 5.37. The highest BCUT2D eigenvalue weighted by Crippen LogP contribution is 2.05. The van der Waals surface area contributed by atoms with E-state index >= 15 is 0 Å². The molecule has 0 saturated heterocycles. The number of furan rings is 1. The van der Waals surface area contributed by atoms with E-state index in [1.807, 2.05) is 31.1 Å². The Morgan fingerprint density at radius 3 is 2.69 bits per heavy atom. The zero-order valence-corrected chi connectivity index (χ0v) is 9.85. The topological polar surface area (TPSA) is 62.7 Å². The van der Waals surface area contributed by atoms with Crippen LogP contribution in [0.1, 0.15) is 5.76 Å². The smallest absolute Gasteiger partial charge is 0.236 e. The number of nitrogens with zero attached hydrogens (tertiary/aromatic N) is 2. The molecule has 1 aromatic rings. The highest BCUT2D eigenvalue weighted by atomic mass is 16.3. The van der Waals surface area contributed by atoms with Crippen molar-refractivity contribution in [2.24, 2.45) is 5.73 Å². The van der Waals surface area contributed by atoms with Gasteiger partial charge in [-0.05, 0) is 26.2 Å². The second-order valence-corrected chi connectivity index (χ2v) is 3.90. The fourth-order valence-electron chi connectivity index (χ4n) is 1.33. The summed E-state index contributed by atoms with van der Waals surface area (Å²) in [5, 5.41) is 0. The SMILES string of the molecule is CN(C)CCN(Cc1ccco1)C(=O)CN. The Labute approximate surface area is 95.8 Å². The minimum Gasteiger partial charge on any atom is -0.467 e. The quantitative estimate of drug-likeness (QED) is 0.747. The molecule has 0 aromatic carbocycles. The number of hydrogen-bond acceptors (Lipinski definition) is 4. The molecule has 0 fully saturated rings. The number of nitrogens with two attached hydrogens (primary N) is 1. The maximum absolute atomic E-state index is 11.6. The van der Waals surface area contributed by atoms with Crippen LogP contribution in [-0.4, -0.2) is 49.4 Å². The van der Waals surface area contributed by atoms with Gasteiger partial charge in [-0.25, -0.2) is 0 Å². The van der Waals surface area contributed by atoms with Crippen LogP contribution in [0.4, 0.5) is 0 Å². The van der Waals surface area contributed by atoms with Gasteiger partial charge in [0.15, 0.2) is 0 Å². The van der Waals surface area contributed by atoms with Gasteiger partial charge in [0.2, 0.25) is 5.91 Å². The average Bonchev–Trinajstić information content (AvgIpc) is 2.75. The highest BCUT2D eigenvalue weighted by Gasteiger charge is 2.13. The lowest BCUT2D eigenvalue weighted by Gasteiger charge is -2.22. The van der Waals surface area contributed by atoms with Crippen molar-refractivity contribution >= 4 is 5.91 Å². The van der Waals surface area contributed by atoms with Gasteiger partial charge >= 0.3 is 0 Å². The normalized spacial score (nSPS) is 10.8. The molecule has 5 nitrogen and oxygen atoms in total. The molecule has 1 amide bonds. The fraction of sp³-hybridized carbons (Fsp3) is 0.545. The first kappa shape index (κ1) is 12.7. The van der Waals surface area contributed by atoms with E-state index in [-0.39, 0.29) is 12.5 Å². The lowest BCUT2D eigenvalue weighted by Crippen LogP contribution is -2.39. The molecule has 0 aliphatic heterocycles. The van der Waals surface area contributed by atoms with Crippen molar-refractivity contribution in [2.45, 2.75) is 6.54 Å². The van der Waals surface area contributed by atoms with E-state index in [9.17, 15) is 4.79 Å². The van der Waals surface area contributed by atoms with Gasteiger partial charge in [-0.3, -0.25) is 4.79 Å². The van der Waals surface area contributed by atoms with Crippen molar-refractivity contribution in [3.05, 3.63) is 24.2 Å². The third kappa shape index (κ3) is 4.04. The van der Waals surface area contributed by atoms with Crippen molar-refractivity contribution in [1.82, 2.24) is 9.80 Å². The molecule has 5 heteroatoms. The first-order chi connectivity index (χ1) is 7.63. The Morgan fingerprint density at radius 2 is 2.19 bits per heavy atom. The number of amides is 1. The average molecular weight is 225 g/mol. The number of carbonyl (C=O) groups is 1. The number of carbonyl (C=O) groups excluding carboxylic acids is 1. The third-order valence-corrected chi connectivity index (χ3v) is 2.27. The van der Waals surface area contributed by atoms with Crippen molar-refractivity contribution in [3.8, 4) is 0 Å². The minimum absolute atomic E-state index is 0.0359. The van der Waals surface area contributed by atoms with Crippen LogP contribution < -0.4 is 5.73 Å². The fourth-order valence-corrected chi connectivity index (χ4v) is 1.33. The van der Waals surface area contributed by atoms with Crippen molar-refractivity contribution in [1.29, 1.82) is 0 Å². The Hall–Kier alpha value is -1.33. The lowest BCUT2D eigenvalue weighted by molar-refractivity contribution is -0.130. The third-order valence-electron chi connectivity index (χ3n) is 2.27. The molecule has 16 heavy (non-hydrogen) atoms. The van der Waals surface area contributed by atoms with Gasteiger partial charge in [-0.15, -0.1) is 0 Å². The van der Waals surface area contributed by atoms with E-state index in [1.165, 1.54) is 0 Å². The molecular formula is C11H19N3O2. The first-order valence-corrected chi connectivity index (χ1v) is 5.28. The van der Waals surface area contributed by atoms with Gasteiger partial charge in [0.05, 0.1) is 19.4 Å². The zero-order chi connectivity index (χ0) is 12.0. The monoisotopic (exact) mass is 225 g/mol. The van der Waals surface area contributed by atoms with Gasteiger partial charge < -0.3 is 20.0 Å². The van der Waals surface area contributed by atoms with Crippen molar-refractivity contribution in [3.63, 3.8) is 0 Å². The Bertz CT molecular complexity index is 309. The van der Waals surface area contributed by atoms with Gasteiger partial charge in [0.1, 0.15) is 5.76 Å². The van der Waals surface area contributed by atoms with Crippen LogP contribution in [0.25, 0.3) is 0 Å². The number of rotatable bonds is 6. The summed E-state index contributed by atoms with van der Waals surface area (Å²) in [5.74, 6) is 0.721. The van der Waals surface area contributed by atoms with Crippen LogP contribution in [0.3, 0.4) is 0 Å². The highest BCUT2D eigenvalue weighted by molar-refractivity contribution is 5.77. The van der Waals surface area contributed by atoms with Gasteiger partial charge in [-0.2, -0.15) is 0 Å². The van der Waals surface area contributed by atoms with Crippen LogP contribution in [-0.2, 0) is 11.3 Å². The molecular weight excluding hydrogens is 206 g/mol. The van der Waals surface area contributed by atoms with Gasteiger partial charge in [0, 0.05) is 13.1 Å². The predicted molar refractivity (Wildman–Crippen MR) is 61.7 cm³/mol. The van der Waals surface area contributed by atoms with Crippen molar-refractivity contribution in [2.75, 3.05) is 33.7 Å². The van der Waals surface area contributed by atoms with E-state index in [1.54, 1.807) is 11.2 Å². The van der Waals surface area contributed by atoms with E-state index in [0.29, 0.717) is 13.1 Å². The summed E-state index contributed by atoms with van der Waals surface area (Å²) in [6, 6.07) is 3.67. The molecule has 0 bridgehead atoms. The summed E-state index contributed by atoms with van der Waals surface area (Å²) >= 11 is 0. The van der Waals surface area contributed by atoms with Gasteiger partial charge in [0.25, 0.3) is 0 Å². The van der Waals surface area contributed by atoms with E-state index in [4.69, 9.17) is 10.2 Å². The minimum atomic E-state index is -0.0572. The largest absolute Gasteiger partial charge is 0.467 e. The molecule has 0 saturated carbocycles. The maximum atomic E-state index is 11.6. The zero-order valence-electron chi connectivity index (χ0n) is 9.85. The molecule has 0 spiro atoms. The Morgan fingerprint density at radius 1 is 1.44 bits per heavy atom. The molecule has 2 N–H and O–H groups in total. The molecule has 90 valence electrons. The van der Waals surface area contributed by atoms with Crippen LogP contribution in [0.5, 0.6) is 0 Å². The van der Waals surface area contributed by atoms with Gasteiger partial charge in [-0.1, -0.05) is 0 Å². The van der Waals surface area contributed by atoms with Crippen LogP contribution >= 0.6 is 0 Å². The van der Waals surface area contributed by atoms with Crippen molar-refractivity contribution < 1.29 is 9.21 Å². The Balaban J connectivity index is 2.53. The summed E-state index contributed by atoms with van der Waals surface area (Å²) in [6.45, 7) is 1.99. The molecule has 0 aliphatic carbocycles. The molecule has 1 rings (SSSR count). The standard InChI is InChI=1S/C11H19N3O2/c1-13(2)5-6-14(11(15)8-12)9-10-4-3-7-16-10/h3-4,7H,5-6,8-9,12H2,1-2H3. The first-order valence-electron chi connectivity index (χ1n) is 5.28. The molecule has 0 atom stereocenters. The molecule has 1 aromatic heterocycles. The maximum Gasteiger partial charge on any atom is 0.236 e. The number of likely N-dealkylation sites (N-methyl/N-ethyl adjacent to an activating group) is 1. The second-order valence-electron chi connectivity index (χ2n) is 3.90. The van der Waals surface area contributed by atoms with Crippen LogP contribution in [0.15, 0.2) is 22.8 Å². The molecule has 0 aliphatic rings. The summed E-state index contributed by atoms with van der Waals surface area (Å²) in [6.07, 6.45) is 1.60. The summed E-state index contributed by atoms with van der Waals surface area (Å²) in [4.78, 5) is 15.3. The predicted octanol–water partition coefficient (Wildman–Crippen LogP) is 0.129. The molecule has 0 radical (unpaired) electrons. The Kier molecular flexibility index (Phi) is 5.01. The van der Waals surface area contributed by atoms with E-state index in [0.717, 1.165) is 12.3 Å². The lowest BCUT2D eigenvalue weighted by atomic mass is 10.3. The number of hydrogen-bond donors (Lipinski definition) is 1. The second kappa shape index (κ2) is 6.30. The van der Waals surface area contributed by atoms with Crippen LogP contribution in [0.2, 0.25) is 0 Å².